The molecule has 1 aromatic heterocycles. The fraction of sp³-hybridized carbons (Fsp3) is 0.286. The van der Waals surface area contributed by atoms with Gasteiger partial charge in [-0.3, -0.25) is 9.48 Å². The predicted molar refractivity (Wildman–Crippen MR) is 82.5 cm³/mol. The highest BCUT2D eigenvalue weighted by molar-refractivity contribution is 9.11. The maximum absolute atomic E-state index is 12.3. The molecule has 3 nitrogen and oxygen atoms in total. The first-order valence-electron chi connectivity index (χ1n) is 6.02. The van der Waals surface area contributed by atoms with Crippen LogP contribution in [0.1, 0.15) is 28.7 Å². The first kappa shape index (κ1) is 14.5. The number of aryl methyl sites for hydroxylation is 2. The minimum absolute atomic E-state index is 0.0941. The minimum atomic E-state index is 0.0941. The van der Waals surface area contributed by atoms with Crippen molar-refractivity contribution in [2.24, 2.45) is 0 Å². The largest absolute Gasteiger partial charge is 0.294 e. The molecule has 2 rings (SSSR count). The number of rotatable bonds is 4. The lowest BCUT2D eigenvalue weighted by Crippen LogP contribution is -2.09. The first-order valence-corrected chi connectivity index (χ1v) is 7.61. The van der Waals surface area contributed by atoms with Crippen molar-refractivity contribution in [3.05, 3.63) is 50.2 Å². The average Bonchev–Trinajstić information content (AvgIpc) is 2.68. The highest BCUT2D eigenvalue weighted by Crippen LogP contribution is 2.21. The van der Waals surface area contributed by atoms with E-state index in [2.05, 4.69) is 37.0 Å². The molecule has 0 bridgehead atoms. The molecule has 2 aromatic rings. The molecule has 0 radical (unpaired) electrons. The molecule has 0 atom stereocenters. The second-order valence-corrected chi connectivity index (χ2v) is 6.18. The van der Waals surface area contributed by atoms with Crippen molar-refractivity contribution in [3.63, 3.8) is 0 Å². The minimum Gasteiger partial charge on any atom is -0.294 e. The molecule has 19 heavy (non-hydrogen) atoms. The number of halogens is 2. The van der Waals surface area contributed by atoms with E-state index < -0.39 is 0 Å². The van der Waals surface area contributed by atoms with Gasteiger partial charge >= 0.3 is 0 Å². The third-order valence-electron chi connectivity index (χ3n) is 2.81. The second-order valence-electron chi connectivity index (χ2n) is 4.35. The number of aromatic nitrogens is 2. The Morgan fingerprint density at radius 1 is 1.21 bits per heavy atom. The topological polar surface area (TPSA) is 34.9 Å². The summed E-state index contributed by atoms with van der Waals surface area (Å²) in [4.78, 5) is 12.3. The third-order valence-corrected chi connectivity index (χ3v) is 3.73. The van der Waals surface area contributed by atoms with Gasteiger partial charge in [0, 0.05) is 26.7 Å². The van der Waals surface area contributed by atoms with Crippen molar-refractivity contribution in [3.8, 4) is 0 Å². The molecule has 1 aromatic carbocycles. The first-order chi connectivity index (χ1) is 8.99. The molecule has 0 aliphatic carbocycles. The van der Waals surface area contributed by atoms with Gasteiger partial charge in [0.25, 0.3) is 0 Å². The highest BCUT2D eigenvalue weighted by atomic mass is 79.9. The SMILES string of the molecule is CCn1nc(C)cc1CC(=O)c1cc(Br)cc(Br)c1. The number of nitrogens with zero attached hydrogens (tertiary/aromatic N) is 2. The van der Waals surface area contributed by atoms with E-state index in [4.69, 9.17) is 0 Å². The Labute approximate surface area is 129 Å². The summed E-state index contributed by atoms with van der Waals surface area (Å²) in [5.41, 5.74) is 2.60. The Morgan fingerprint density at radius 3 is 2.42 bits per heavy atom. The number of benzene rings is 1. The number of Topliss-reactive ketones (excluding diaryl/α,β-unsaturated/α-hetero) is 1. The molecular weight excluding hydrogens is 372 g/mol. The van der Waals surface area contributed by atoms with E-state index >= 15 is 0 Å². The van der Waals surface area contributed by atoms with Gasteiger partial charge in [-0.05, 0) is 38.1 Å². The van der Waals surface area contributed by atoms with Gasteiger partial charge in [-0.15, -0.1) is 0 Å². The number of hydrogen-bond donors (Lipinski definition) is 0. The summed E-state index contributed by atoms with van der Waals surface area (Å²) in [5.74, 6) is 0.0941. The van der Waals surface area contributed by atoms with Crippen molar-refractivity contribution in [1.82, 2.24) is 9.78 Å². The molecule has 0 aliphatic heterocycles. The molecule has 100 valence electrons. The monoisotopic (exact) mass is 384 g/mol. The Bertz CT molecular complexity index is 600. The lowest BCUT2D eigenvalue weighted by molar-refractivity contribution is 0.0990. The quantitative estimate of drug-likeness (QED) is 0.740. The number of carbonyl (C=O) groups excluding carboxylic acids is 1. The summed E-state index contributed by atoms with van der Waals surface area (Å²) in [7, 11) is 0. The zero-order chi connectivity index (χ0) is 14.0. The molecule has 5 heteroatoms. The van der Waals surface area contributed by atoms with Gasteiger partial charge in [0.2, 0.25) is 0 Å². The molecule has 0 saturated carbocycles. The van der Waals surface area contributed by atoms with Crippen LogP contribution in [0, 0.1) is 6.92 Å². The van der Waals surface area contributed by atoms with E-state index in [1.165, 1.54) is 0 Å². The summed E-state index contributed by atoms with van der Waals surface area (Å²) < 4.78 is 3.66. The van der Waals surface area contributed by atoms with Crippen LogP contribution in [0.2, 0.25) is 0 Å². The van der Waals surface area contributed by atoms with Gasteiger partial charge in [0.1, 0.15) is 0 Å². The molecule has 0 unspecified atom stereocenters. The van der Waals surface area contributed by atoms with Crippen molar-refractivity contribution < 1.29 is 4.79 Å². The zero-order valence-corrected chi connectivity index (χ0v) is 14.0. The number of hydrogen-bond acceptors (Lipinski definition) is 2. The van der Waals surface area contributed by atoms with Crippen molar-refractivity contribution >= 4 is 37.6 Å². The number of carbonyl (C=O) groups is 1. The maximum Gasteiger partial charge on any atom is 0.168 e. The van der Waals surface area contributed by atoms with Gasteiger partial charge < -0.3 is 0 Å². The summed E-state index contributed by atoms with van der Waals surface area (Å²) in [5, 5.41) is 4.36. The van der Waals surface area contributed by atoms with Gasteiger partial charge in [0.15, 0.2) is 5.78 Å². The molecule has 0 N–H and O–H groups in total. The van der Waals surface area contributed by atoms with Crippen molar-refractivity contribution in [2.75, 3.05) is 0 Å². The lowest BCUT2D eigenvalue weighted by atomic mass is 10.1. The van der Waals surface area contributed by atoms with Crippen LogP contribution in [0.25, 0.3) is 0 Å². The van der Waals surface area contributed by atoms with Crippen molar-refractivity contribution in [2.45, 2.75) is 26.8 Å². The molecule has 0 amide bonds. The van der Waals surface area contributed by atoms with Gasteiger partial charge in [-0.25, -0.2) is 0 Å². The van der Waals surface area contributed by atoms with Gasteiger partial charge in [-0.1, -0.05) is 31.9 Å². The number of ketones is 1. The van der Waals surface area contributed by atoms with Crippen LogP contribution in [0.3, 0.4) is 0 Å². The Hall–Kier alpha value is -0.940. The van der Waals surface area contributed by atoms with E-state index in [0.717, 1.165) is 26.9 Å². The Kier molecular flexibility index (Phi) is 4.58. The molecular formula is C14H14Br2N2O. The smallest absolute Gasteiger partial charge is 0.168 e. The molecule has 0 saturated heterocycles. The van der Waals surface area contributed by atoms with Crippen LogP contribution >= 0.6 is 31.9 Å². The molecule has 0 fully saturated rings. The average molecular weight is 386 g/mol. The van der Waals surface area contributed by atoms with Crippen molar-refractivity contribution in [1.29, 1.82) is 0 Å². The molecule has 0 aliphatic rings. The van der Waals surface area contributed by atoms with Crippen LogP contribution in [-0.4, -0.2) is 15.6 Å². The van der Waals surface area contributed by atoms with Gasteiger partial charge in [-0.2, -0.15) is 5.10 Å². The highest BCUT2D eigenvalue weighted by Gasteiger charge is 2.12. The van der Waals surface area contributed by atoms with E-state index in [0.29, 0.717) is 12.0 Å². The van der Waals surface area contributed by atoms with Crippen LogP contribution in [0.5, 0.6) is 0 Å². The van der Waals surface area contributed by atoms with Crippen LogP contribution < -0.4 is 0 Å². The van der Waals surface area contributed by atoms with Crippen LogP contribution in [0.15, 0.2) is 33.2 Å². The second kappa shape index (κ2) is 6.01. The van der Waals surface area contributed by atoms with E-state index in [-0.39, 0.29) is 5.78 Å². The fourth-order valence-corrected chi connectivity index (χ4v) is 3.29. The summed E-state index contributed by atoms with van der Waals surface area (Å²) >= 11 is 6.80. The van der Waals surface area contributed by atoms with E-state index in [9.17, 15) is 4.79 Å². The maximum atomic E-state index is 12.3. The summed E-state index contributed by atoms with van der Waals surface area (Å²) in [6.07, 6.45) is 0.373. The molecule has 1 heterocycles. The van der Waals surface area contributed by atoms with E-state index in [1.807, 2.05) is 42.8 Å². The summed E-state index contributed by atoms with van der Waals surface area (Å²) in [6.45, 7) is 4.74. The Morgan fingerprint density at radius 2 is 1.84 bits per heavy atom. The zero-order valence-electron chi connectivity index (χ0n) is 10.8. The fourth-order valence-electron chi connectivity index (χ4n) is 2.00. The van der Waals surface area contributed by atoms with Crippen LogP contribution in [0.4, 0.5) is 0 Å². The standard InChI is InChI=1S/C14H14Br2N2O/c1-3-18-13(4-9(2)17-18)8-14(19)10-5-11(15)7-12(16)6-10/h4-7H,3,8H2,1-2H3. The lowest BCUT2D eigenvalue weighted by Gasteiger charge is -2.05. The Balaban J connectivity index is 2.25. The third kappa shape index (κ3) is 3.54. The molecule has 0 spiro atoms. The summed E-state index contributed by atoms with van der Waals surface area (Å²) in [6, 6.07) is 7.56. The van der Waals surface area contributed by atoms with Crippen LogP contribution in [-0.2, 0) is 13.0 Å². The van der Waals surface area contributed by atoms with Gasteiger partial charge in [0.05, 0.1) is 12.1 Å². The normalized spacial score (nSPS) is 10.7. The predicted octanol–water partition coefficient (Wildman–Crippen LogP) is 4.16. The van der Waals surface area contributed by atoms with E-state index in [1.54, 1.807) is 0 Å².